The smallest absolute Gasteiger partial charge is 0.334 e. The Labute approximate surface area is 119 Å². The number of para-hydroxylation sites is 1. The number of nitrogens with zero attached hydrogens (tertiary/aromatic N) is 1. The van der Waals surface area contributed by atoms with Crippen molar-refractivity contribution in [1.29, 1.82) is 0 Å². The van der Waals surface area contributed by atoms with E-state index in [4.69, 9.17) is 16.3 Å². The maximum Gasteiger partial charge on any atom is 0.334 e. The molecular formula is C13H10ClFN2O3. The molecule has 0 bridgehead atoms. The highest BCUT2D eigenvalue weighted by Gasteiger charge is 2.21. The van der Waals surface area contributed by atoms with E-state index in [-0.39, 0.29) is 22.2 Å². The van der Waals surface area contributed by atoms with Crippen LogP contribution in [0.5, 0.6) is 11.5 Å². The Morgan fingerprint density at radius 3 is 2.70 bits per heavy atom. The van der Waals surface area contributed by atoms with Crippen LogP contribution in [-0.4, -0.2) is 12.0 Å². The van der Waals surface area contributed by atoms with Gasteiger partial charge in [0, 0.05) is 13.1 Å². The van der Waals surface area contributed by atoms with E-state index in [1.165, 1.54) is 18.2 Å². The van der Waals surface area contributed by atoms with E-state index in [1.807, 2.05) is 0 Å². The fraction of sp³-hybridized carbons (Fsp3) is 0.0769. The molecule has 0 spiro atoms. The molecule has 0 heterocycles. The summed E-state index contributed by atoms with van der Waals surface area (Å²) in [4.78, 5) is 10.5. The highest BCUT2D eigenvalue weighted by Crippen LogP contribution is 2.37. The lowest BCUT2D eigenvalue weighted by Crippen LogP contribution is -1.99. The largest absolute Gasteiger partial charge is 0.450 e. The van der Waals surface area contributed by atoms with E-state index < -0.39 is 10.7 Å². The summed E-state index contributed by atoms with van der Waals surface area (Å²) >= 11 is 5.56. The molecule has 0 fully saturated rings. The summed E-state index contributed by atoms with van der Waals surface area (Å²) in [7, 11) is 1.56. The molecule has 104 valence electrons. The maximum atomic E-state index is 13.3. The van der Waals surface area contributed by atoms with Gasteiger partial charge in [-0.3, -0.25) is 10.1 Å². The molecule has 1 N–H and O–H groups in total. The van der Waals surface area contributed by atoms with Crippen LogP contribution in [0.3, 0.4) is 0 Å². The van der Waals surface area contributed by atoms with Crippen molar-refractivity contribution in [3.8, 4) is 11.5 Å². The highest BCUT2D eigenvalue weighted by molar-refractivity contribution is 6.30. The van der Waals surface area contributed by atoms with Gasteiger partial charge >= 0.3 is 5.69 Å². The molecule has 0 aliphatic rings. The number of hydrogen-bond acceptors (Lipinski definition) is 4. The number of ether oxygens (including phenoxy) is 1. The van der Waals surface area contributed by atoms with Gasteiger partial charge in [-0.05, 0) is 24.3 Å². The lowest BCUT2D eigenvalue weighted by molar-refractivity contribution is -0.384. The van der Waals surface area contributed by atoms with Crippen LogP contribution in [0.2, 0.25) is 5.02 Å². The third kappa shape index (κ3) is 2.80. The van der Waals surface area contributed by atoms with E-state index in [0.717, 1.165) is 6.07 Å². The molecule has 0 saturated carbocycles. The SMILES string of the molecule is CNc1cccc(Oc2ccc(Cl)c(F)c2)c1[N+](=O)[O-]. The third-order valence-electron chi connectivity index (χ3n) is 2.57. The fourth-order valence-corrected chi connectivity index (χ4v) is 1.78. The van der Waals surface area contributed by atoms with Crippen LogP contribution in [0.1, 0.15) is 0 Å². The molecular weight excluding hydrogens is 287 g/mol. The first-order valence-electron chi connectivity index (χ1n) is 5.61. The van der Waals surface area contributed by atoms with Crippen LogP contribution in [-0.2, 0) is 0 Å². The van der Waals surface area contributed by atoms with Gasteiger partial charge in [0.05, 0.1) is 9.95 Å². The van der Waals surface area contributed by atoms with Crippen LogP contribution in [0.25, 0.3) is 0 Å². The summed E-state index contributed by atoms with van der Waals surface area (Å²) in [5.41, 5.74) is 0.0901. The van der Waals surface area contributed by atoms with Crippen molar-refractivity contribution in [1.82, 2.24) is 0 Å². The minimum atomic E-state index is -0.656. The molecule has 2 aromatic rings. The fourth-order valence-electron chi connectivity index (χ4n) is 1.66. The molecule has 0 amide bonds. The van der Waals surface area contributed by atoms with Crippen molar-refractivity contribution in [3.63, 3.8) is 0 Å². The zero-order valence-corrected chi connectivity index (χ0v) is 11.1. The normalized spacial score (nSPS) is 10.2. The first kappa shape index (κ1) is 14.1. The predicted octanol–water partition coefficient (Wildman–Crippen LogP) is 4.22. The van der Waals surface area contributed by atoms with E-state index in [2.05, 4.69) is 5.32 Å². The first-order valence-corrected chi connectivity index (χ1v) is 5.98. The van der Waals surface area contributed by atoms with Crippen LogP contribution in [0.4, 0.5) is 15.8 Å². The molecule has 5 nitrogen and oxygen atoms in total. The van der Waals surface area contributed by atoms with Gasteiger partial charge < -0.3 is 10.1 Å². The Hall–Kier alpha value is -2.34. The quantitative estimate of drug-likeness (QED) is 0.677. The van der Waals surface area contributed by atoms with Gasteiger partial charge in [0.25, 0.3) is 0 Å². The van der Waals surface area contributed by atoms with Gasteiger partial charge in [0.15, 0.2) is 0 Å². The van der Waals surface area contributed by atoms with Crippen LogP contribution in [0.15, 0.2) is 36.4 Å². The van der Waals surface area contributed by atoms with Crippen molar-refractivity contribution in [3.05, 3.63) is 57.4 Å². The topological polar surface area (TPSA) is 64.4 Å². The van der Waals surface area contributed by atoms with E-state index in [1.54, 1.807) is 19.2 Å². The number of nitro groups is 1. The molecule has 0 atom stereocenters. The van der Waals surface area contributed by atoms with Crippen LogP contribution in [0, 0.1) is 15.9 Å². The van der Waals surface area contributed by atoms with Crippen molar-refractivity contribution in [2.75, 3.05) is 12.4 Å². The van der Waals surface area contributed by atoms with Crippen molar-refractivity contribution in [2.24, 2.45) is 0 Å². The Morgan fingerprint density at radius 2 is 2.10 bits per heavy atom. The maximum absolute atomic E-state index is 13.3. The molecule has 20 heavy (non-hydrogen) atoms. The molecule has 0 unspecified atom stereocenters. The molecule has 2 aromatic carbocycles. The van der Waals surface area contributed by atoms with Gasteiger partial charge in [-0.15, -0.1) is 0 Å². The van der Waals surface area contributed by atoms with E-state index in [9.17, 15) is 14.5 Å². The van der Waals surface area contributed by atoms with Crippen molar-refractivity contribution < 1.29 is 14.1 Å². The molecule has 0 aliphatic heterocycles. The Balaban J connectivity index is 2.42. The number of halogens is 2. The standard InChI is InChI=1S/C13H10ClFN2O3/c1-16-11-3-2-4-12(13(11)17(18)19)20-8-5-6-9(14)10(15)7-8/h2-7,16H,1H3. The summed E-state index contributed by atoms with van der Waals surface area (Å²) in [6.45, 7) is 0. The first-order chi connectivity index (χ1) is 9.52. The second-order valence-corrected chi connectivity index (χ2v) is 4.24. The lowest BCUT2D eigenvalue weighted by atomic mass is 10.2. The van der Waals surface area contributed by atoms with Gasteiger partial charge in [-0.2, -0.15) is 0 Å². The zero-order valence-electron chi connectivity index (χ0n) is 10.4. The molecule has 0 saturated heterocycles. The second kappa shape index (κ2) is 5.75. The van der Waals surface area contributed by atoms with E-state index in [0.29, 0.717) is 5.69 Å². The summed E-state index contributed by atoms with van der Waals surface area (Å²) in [5, 5.41) is 13.8. The zero-order chi connectivity index (χ0) is 14.7. The van der Waals surface area contributed by atoms with Crippen LogP contribution < -0.4 is 10.1 Å². The number of nitrogens with one attached hydrogen (secondary N) is 1. The number of nitro benzene ring substituents is 1. The molecule has 7 heteroatoms. The molecule has 0 aromatic heterocycles. The Kier molecular flexibility index (Phi) is 4.05. The van der Waals surface area contributed by atoms with Gasteiger partial charge in [-0.25, -0.2) is 4.39 Å². The van der Waals surface area contributed by atoms with Gasteiger partial charge in [0.2, 0.25) is 5.75 Å². The third-order valence-corrected chi connectivity index (χ3v) is 2.88. The summed E-state index contributed by atoms with van der Waals surface area (Å²) in [6, 6.07) is 8.40. The predicted molar refractivity (Wildman–Crippen MR) is 74.1 cm³/mol. The number of rotatable bonds is 4. The molecule has 2 rings (SSSR count). The Morgan fingerprint density at radius 1 is 1.35 bits per heavy atom. The molecule has 0 radical (unpaired) electrons. The number of anilines is 1. The average molecular weight is 297 g/mol. The lowest BCUT2D eigenvalue weighted by Gasteiger charge is -2.09. The molecule has 0 aliphatic carbocycles. The Bertz CT molecular complexity index is 664. The van der Waals surface area contributed by atoms with E-state index >= 15 is 0 Å². The highest BCUT2D eigenvalue weighted by atomic mass is 35.5. The summed E-state index contributed by atoms with van der Waals surface area (Å²) in [6.07, 6.45) is 0. The van der Waals surface area contributed by atoms with Crippen molar-refractivity contribution in [2.45, 2.75) is 0 Å². The van der Waals surface area contributed by atoms with Crippen LogP contribution >= 0.6 is 11.6 Å². The summed E-state index contributed by atoms with van der Waals surface area (Å²) in [5.74, 6) is -0.511. The minimum Gasteiger partial charge on any atom is -0.450 e. The number of benzene rings is 2. The second-order valence-electron chi connectivity index (χ2n) is 3.84. The number of hydrogen-bond donors (Lipinski definition) is 1. The minimum absolute atomic E-state index is 0.0172. The summed E-state index contributed by atoms with van der Waals surface area (Å²) < 4.78 is 18.7. The monoisotopic (exact) mass is 296 g/mol. The van der Waals surface area contributed by atoms with Gasteiger partial charge in [-0.1, -0.05) is 17.7 Å². The average Bonchev–Trinajstić information content (AvgIpc) is 2.42. The van der Waals surface area contributed by atoms with Crippen molar-refractivity contribution >= 4 is 23.0 Å². The van der Waals surface area contributed by atoms with Gasteiger partial charge in [0.1, 0.15) is 17.3 Å².